The second-order valence-corrected chi connectivity index (χ2v) is 4.76. The molecule has 0 fully saturated rings. The predicted molar refractivity (Wildman–Crippen MR) is 76.9 cm³/mol. The number of fused-ring (bicyclic) bond motifs is 1. The van der Waals surface area contributed by atoms with Crippen LogP contribution in [-0.4, -0.2) is 6.92 Å². The standard InChI is InChI=1S/C15H16BNO2/c1-16-15-8-14(7-4-12(15)10-18-16)19-13-5-2-11(9-17)3-6-13/h2-8H,9-10,17H2,1H3. The molecule has 2 aromatic carbocycles. The van der Waals surface area contributed by atoms with Crippen molar-refractivity contribution in [2.45, 2.75) is 20.0 Å². The molecule has 1 aliphatic heterocycles. The lowest BCUT2D eigenvalue weighted by atomic mass is 9.64. The molecule has 0 amide bonds. The number of rotatable bonds is 3. The fourth-order valence-electron chi connectivity index (χ4n) is 2.28. The summed E-state index contributed by atoms with van der Waals surface area (Å²) >= 11 is 0. The molecule has 0 saturated carbocycles. The summed E-state index contributed by atoms with van der Waals surface area (Å²) in [4.78, 5) is 0. The average molecular weight is 253 g/mol. The van der Waals surface area contributed by atoms with Crippen LogP contribution in [0.5, 0.6) is 11.5 Å². The normalized spacial score (nSPS) is 13.5. The van der Waals surface area contributed by atoms with Crippen LogP contribution in [0.15, 0.2) is 42.5 Å². The summed E-state index contributed by atoms with van der Waals surface area (Å²) < 4.78 is 11.4. The Kier molecular flexibility index (Phi) is 3.28. The quantitative estimate of drug-likeness (QED) is 0.853. The Morgan fingerprint density at radius 1 is 1.16 bits per heavy atom. The molecule has 3 nitrogen and oxygen atoms in total. The van der Waals surface area contributed by atoms with E-state index in [2.05, 4.69) is 19.0 Å². The van der Waals surface area contributed by atoms with E-state index in [-0.39, 0.29) is 6.92 Å². The van der Waals surface area contributed by atoms with E-state index in [1.165, 1.54) is 11.0 Å². The van der Waals surface area contributed by atoms with E-state index >= 15 is 0 Å². The molecule has 0 spiro atoms. The van der Waals surface area contributed by atoms with Crippen LogP contribution in [-0.2, 0) is 17.8 Å². The largest absolute Gasteiger partial charge is 0.457 e. The van der Waals surface area contributed by atoms with Crippen molar-refractivity contribution in [3.05, 3.63) is 53.6 Å². The van der Waals surface area contributed by atoms with Gasteiger partial charge in [0.1, 0.15) is 11.5 Å². The van der Waals surface area contributed by atoms with Gasteiger partial charge in [0.15, 0.2) is 0 Å². The summed E-state index contributed by atoms with van der Waals surface area (Å²) in [6.45, 7) is 3.46. The zero-order chi connectivity index (χ0) is 13.2. The van der Waals surface area contributed by atoms with Gasteiger partial charge in [-0.05, 0) is 40.9 Å². The van der Waals surface area contributed by atoms with E-state index < -0.39 is 0 Å². The van der Waals surface area contributed by atoms with Crippen LogP contribution in [0, 0.1) is 0 Å². The van der Waals surface area contributed by atoms with Gasteiger partial charge in [-0.3, -0.25) is 0 Å². The molecule has 2 aromatic rings. The van der Waals surface area contributed by atoms with Gasteiger partial charge in [-0.2, -0.15) is 0 Å². The highest BCUT2D eigenvalue weighted by molar-refractivity contribution is 6.67. The van der Waals surface area contributed by atoms with Crippen molar-refractivity contribution < 1.29 is 9.39 Å². The second kappa shape index (κ2) is 5.07. The van der Waals surface area contributed by atoms with Crippen LogP contribution >= 0.6 is 0 Å². The van der Waals surface area contributed by atoms with Crippen LogP contribution in [0.2, 0.25) is 6.82 Å². The first-order valence-corrected chi connectivity index (χ1v) is 6.47. The summed E-state index contributed by atoms with van der Waals surface area (Å²) in [6, 6.07) is 14.0. The Hall–Kier alpha value is -1.78. The van der Waals surface area contributed by atoms with E-state index in [1.54, 1.807) is 0 Å². The maximum atomic E-state index is 5.86. The molecule has 1 aliphatic rings. The number of benzene rings is 2. The van der Waals surface area contributed by atoms with Crippen LogP contribution in [0.25, 0.3) is 0 Å². The Morgan fingerprint density at radius 2 is 1.89 bits per heavy atom. The van der Waals surface area contributed by atoms with Crippen LogP contribution in [0.1, 0.15) is 11.1 Å². The fourth-order valence-corrected chi connectivity index (χ4v) is 2.28. The van der Waals surface area contributed by atoms with E-state index in [4.69, 9.17) is 15.1 Å². The predicted octanol–water partition coefficient (Wildman–Crippen LogP) is 2.30. The maximum absolute atomic E-state index is 5.86. The van der Waals surface area contributed by atoms with Crippen LogP contribution in [0.3, 0.4) is 0 Å². The first-order chi connectivity index (χ1) is 9.26. The molecule has 96 valence electrons. The molecule has 0 atom stereocenters. The van der Waals surface area contributed by atoms with Gasteiger partial charge in [0.25, 0.3) is 0 Å². The molecule has 0 aromatic heterocycles. The van der Waals surface area contributed by atoms with Crippen LogP contribution in [0.4, 0.5) is 0 Å². The summed E-state index contributed by atoms with van der Waals surface area (Å²) in [6.07, 6.45) is 0. The third kappa shape index (κ3) is 2.50. The van der Waals surface area contributed by atoms with Crippen molar-refractivity contribution in [1.82, 2.24) is 0 Å². The lowest BCUT2D eigenvalue weighted by Gasteiger charge is -2.08. The minimum absolute atomic E-state index is 0.151. The van der Waals surface area contributed by atoms with Gasteiger partial charge in [-0.1, -0.05) is 25.0 Å². The van der Waals surface area contributed by atoms with E-state index in [0.29, 0.717) is 13.2 Å². The van der Waals surface area contributed by atoms with E-state index in [1.807, 2.05) is 30.3 Å². The number of nitrogens with two attached hydrogens (primary N) is 1. The van der Waals surface area contributed by atoms with Crippen molar-refractivity contribution in [2.24, 2.45) is 5.73 Å². The maximum Gasteiger partial charge on any atom is 0.324 e. The Morgan fingerprint density at radius 3 is 2.63 bits per heavy atom. The Bertz CT molecular complexity index is 583. The Balaban J connectivity index is 1.81. The molecule has 1 heterocycles. The fraction of sp³-hybridized carbons (Fsp3) is 0.200. The molecule has 0 unspecified atom stereocenters. The smallest absolute Gasteiger partial charge is 0.324 e. The highest BCUT2D eigenvalue weighted by Gasteiger charge is 2.23. The third-order valence-corrected chi connectivity index (χ3v) is 3.44. The Labute approximate surface area is 113 Å². The monoisotopic (exact) mass is 253 g/mol. The molecule has 0 bridgehead atoms. The summed E-state index contributed by atoms with van der Waals surface area (Å²) in [7, 11) is 0. The minimum atomic E-state index is 0.151. The van der Waals surface area contributed by atoms with Gasteiger partial charge < -0.3 is 15.1 Å². The molecule has 0 radical (unpaired) electrons. The summed E-state index contributed by atoms with van der Waals surface area (Å²) in [5.74, 6) is 1.67. The van der Waals surface area contributed by atoms with Crippen molar-refractivity contribution in [2.75, 3.05) is 0 Å². The highest BCUT2D eigenvalue weighted by Crippen LogP contribution is 2.23. The van der Waals surface area contributed by atoms with Crippen molar-refractivity contribution in [3.63, 3.8) is 0 Å². The zero-order valence-electron chi connectivity index (χ0n) is 10.9. The molecule has 19 heavy (non-hydrogen) atoms. The molecule has 0 saturated heterocycles. The molecule has 2 N–H and O–H groups in total. The topological polar surface area (TPSA) is 44.5 Å². The average Bonchev–Trinajstić information content (AvgIpc) is 2.81. The molecular weight excluding hydrogens is 237 g/mol. The lowest BCUT2D eigenvalue weighted by molar-refractivity contribution is 0.333. The van der Waals surface area contributed by atoms with Gasteiger partial charge in [0, 0.05) is 6.54 Å². The number of hydrogen-bond acceptors (Lipinski definition) is 3. The van der Waals surface area contributed by atoms with Gasteiger partial charge >= 0.3 is 6.92 Å². The van der Waals surface area contributed by atoms with Gasteiger partial charge in [-0.25, -0.2) is 0 Å². The van der Waals surface area contributed by atoms with Crippen molar-refractivity contribution in [3.8, 4) is 11.5 Å². The molecule has 4 heteroatoms. The van der Waals surface area contributed by atoms with E-state index in [9.17, 15) is 0 Å². The van der Waals surface area contributed by atoms with Crippen molar-refractivity contribution >= 4 is 12.4 Å². The summed E-state index contributed by atoms with van der Waals surface area (Å²) in [5.41, 5.74) is 9.14. The first-order valence-electron chi connectivity index (χ1n) is 6.47. The minimum Gasteiger partial charge on any atom is -0.457 e. The highest BCUT2D eigenvalue weighted by atomic mass is 16.5. The van der Waals surface area contributed by atoms with E-state index in [0.717, 1.165) is 17.1 Å². The number of ether oxygens (including phenoxy) is 1. The lowest BCUT2D eigenvalue weighted by Crippen LogP contribution is -2.24. The molecular formula is C15H16BNO2. The molecule has 0 aliphatic carbocycles. The second-order valence-electron chi connectivity index (χ2n) is 4.76. The first kappa shape index (κ1) is 12.3. The summed E-state index contributed by atoms with van der Waals surface area (Å²) in [5, 5.41) is 0. The molecule has 3 rings (SSSR count). The van der Waals surface area contributed by atoms with Gasteiger partial charge in [0.05, 0.1) is 6.61 Å². The SMILES string of the molecule is CB1OCc2ccc(Oc3ccc(CN)cc3)cc21. The number of hydrogen-bond donors (Lipinski definition) is 1. The third-order valence-electron chi connectivity index (χ3n) is 3.44. The van der Waals surface area contributed by atoms with Gasteiger partial charge in [0.2, 0.25) is 0 Å². The zero-order valence-corrected chi connectivity index (χ0v) is 10.9. The van der Waals surface area contributed by atoms with Gasteiger partial charge in [-0.15, -0.1) is 0 Å². The van der Waals surface area contributed by atoms with Crippen LogP contribution < -0.4 is 15.9 Å². The van der Waals surface area contributed by atoms with Crippen molar-refractivity contribution in [1.29, 1.82) is 0 Å².